The number of pyridine rings is 1. The van der Waals surface area contributed by atoms with Gasteiger partial charge in [-0.1, -0.05) is 30.0 Å². The largest absolute Gasteiger partial charge is 0.481 e. The highest BCUT2D eigenvalue weighted by atomic mass is 16.5. The van der Waals surface area contributed by atoms with E-state index in [4.69, 9.17) is 4.74 Å². The number of rotatable bonds is 4. The lowest BCUT2D eigenvalue weighted by Crippen LogP contribution is -2.32. The van der Waals surface area contributed by atoms with Crippen molar-refractivity contribution in [3.05, 3.63) is 64.1 Å². The lowest BCUT2D eigenvalue weighted by atomic mass is 10.2. The summed E-state index contributed by atoms with van der Waals surface area (Å²) in [5, 5.41) is 2.60. The van der Waals surface area contributed by atoms with Crippen molar-refractivity contribution in [2.24, 2.45) is 7.05 Å². The second-order valence-corrected chi connectivity index (χ2v) is 4.93. The van der Waals surface area contributed by atoms with Gasteiger partial charge in [0.05, 0.1) is 6.54 Å². The smallest absolute Gasteiger partial charge is 0.263 e. The second kappa shape index (κ2) is 7.85. The van der Waals surface area contributed by atoms with Gasteiger partial charge in [0, 0.05) is 13.2 Å². The summed E-state index contributed by atoms with van der Waals surface area (Å²) in [6, 6.07) is 10.8. The predicted octanol–water partition coefficient (Wildman–Crippen LogP) is 1.51. The minimum atomic E-state index is -0.430. The molecule has 0 saturated carbocycles. The first-order valence-electron chi connectivity index (χ1n) is 7.17. The minimum absolute atomic E-state index is 0.105. The van der Waals surface area contributed by atoms with Gasteiger partial charge in [0.15, 0.2) is 0 Å². The van der Waals surface area contributed by atoms with Crippen LogP contribution in [0.1, 0.15) is 15.9 Å². The standard InChI is InChI=1S/C18H18N2O3/c1-14-8-3-4-10-16(14)23-13-6-5-11-19-17(21)15-9-7-12-20(2)18(15)22/h3-4,7-10,12H,11,13H2,1-2H3,(H,19,21). The average Bonchev–Trinajstić information content (AvgIpc) is 2.54. The number of nitrogens with zero attached hydrogens (tertiary/aromatic N) is 1. The fraction of sp³-hybridized carbons (Fsp3) is 0.222. The number of ether oxygens (including phenoxy) is 1. The third kappa shape index (κ3) is 4.48. The monoisotopic (exact) mass is 310 g/mol. The van der Waals surface area contributed by atoms with E-state index in [0.717, 1.165) is 11.3 Å². The Kier molecular flexibility index (Phi) is 5.59. The molecule has 5 nitrogen and oxygen atoms in total. The van der Waals surface area contributed by atoms with E-state index in [1.165, 1.54) is 10.6 Å². The van der Waals surface area contributed by atoms with Crippen molar-refractivity contribution < 1.29 is 9.53 Å². The predicted molar refractivity (Wildman–Crippen MR) is 88.5 cm³/mol. The first-order chi connectivity index (χ1) is 11.1. The summed E-state index contributed by atoms with van der Waals surface area (Å²) >= 11 is 0. The molecule has 0 radical (unpaired) electrons. The van der Waals surface area contributed by atoms with E-state index in [2.05, 4.69) is 17.2 Å². The van der Waals surface area contributed by atoms with Gasteiger partial charge in [-0.15, -0.1) is 0 Å². The lowest BCUT2D eigenvalue weighted by molar-refractivity contribution is 0.0956. The quantitative estimate of drug-likeness (QED) is 0.871. The van der Waals surface area contributed by atoms with Crippen LogP contribution in [0.5, 0.6) is 5.75 Å². The Morgan fingerprint density at radius 1 is 1.22 bits per heavy atom. The molecule has 0 unspecified atom stereocenters. The highest BCUT2D eigenvalue weighted by Crippen LogP contribution is 2.15. The highest BCUT2D eigenvalue weighted by Gasteiger charge is 2.09. The molecule has 1 aromatic carbocycles. The fourth-order valence-electron chi connectivity index (χ4n) is 1.94. The van der Waals surface area contributed by atoms with Crippen LogP contribution in [0, 0.1) is 18.8 Å². The van der Waals surface area contributed by atoms with Crippen molar-refractivity contribution in [3.8, 4) is 17.6 Å². The molecule has 1 N–H and O–H groups in total. The summed E-state index contributed by atoms with van der Waals surface area (Å²) in [6.07, 6.45) is 1.60. The normalized spacial score (nSPS) is 9.65. The third-order valence-electron chi connectivity index (χ3n) is 3.22. The second-order valence-electron chi connectivity index (χ2n) is 4.93. The topological polar surface area (TPSA) is 60.3 Å². The summed E-state index contributed by atoms with van der Waals surface area (Å²) in [6.45, 7) is 2.37. The first kappa shape index (κ1) is 16.4. The van der Waals surface area contributed by atoms with Crippen LogP contribution < -0.4 is 15.6 Å². The fourth-order valence-corrected chi connectivity index (χ4v) is 1.94. The summed E-state index contributed by atoms with van der Waals surface area (Å²) in [4.78, 5) is 23.7. The van der Waals surface area contributed by atoms with Gasteiger partial charge in [-0.25, -0.2) is 0 Å². The van der Waals surface area contributed by atoms with E-state index >= 15 is 0 Å². The molecule has 0 aliphatic heterocycles. The number of carbonyl (C=O) groups excluding carboxylic acids is 1. The Morgan fingerprint density at radius 2 is 2.00 bits per heavy atom. The van der Waals surface area contributed by atoms with Crippen molar-refractivity contribution in [1.82, 2.24) is 9.88 Å². The summed E-state index contributed by atoms with van der Waals surface area (Å²) < 4.78 is 6.88. The first-order valence-corrected chi connectivity index (χ1v) is 7.17. The van der Waals surface area contributed by atoms with Crippen LogP contribution in [0.3, 0.4) is 0 Å². The van der Waals surface area contributed by atoms with Gasteiger partial charge >= 0.3 is 0 Å². The maximum Gasteiger partial charge on any atom is 0.263 e. The van der Waals surface area contributed by atoms with Crippen LogP contribution in [-0.4, -0.2) is 23.6 Å². The van der Waals surface area contributed by atoms with Crippen LogP contribution in [-0.2, 0) is 7.05 Å². The number of nitrogens with one attached hydrogen (secondary N) is 1. The molecule has 0 fully saturated rings. The molecule has 0 spiro atoms. The third-order valence-corrected chi connectivity index (χ3v) is 3.22. The molecule has 23 heavy (non-hydrogen) atoms. The number of hydrogen-bond acceptors (Lipinski definition) is 3. The maximum absolute atomic E-state index is 11.9. The molecule has 0 atom stereocenters. The number of carbonyl (C=O) groups is 1. The summed E-state index contributed by atoms with van der Waals surface area (Å²) in [5.41, 5.74) is 0.816. The van der Waals surface area contributed by atoms with Gasteiger partial charge < -0.3 is 14.6 Å². The van der Waals surface area contributed by atoms with Crippen LogP contribution in [0.15, 0.2) is 47.4 Å². The number of hydrogen-bond donors (Lipinski definition) is 1. The van der Waals surface area contributed by atoms with Gasteiger partial charge in [0.1, 0.15) is 17.9 Å². The number of aryl methyl sites for hydroxylation is 2. The molecule has 0 bridgehead atoms. The molecule has 0 aliphatic carbocycles. The van der Waals surface area contributed by atoms with E-state index in [1.807, 2.05) is 31.2 Å². The SMILES string of the molecule is Cc1ccccc1OCC#CCNC(=O)c1cccn(C)c1=O. The summed E-state index contributed by atoms with van der Waals surface area (Å²) in [7, 11) is 1.60. The molecule has 1 amide bonds. The molecule has 5 heteroatoms. The number of benzene rings is 1. The Bertz CT molecular complexity index is 813. The van der Waals surface area contributed by atoms with E-state index in [9.17, 15) is 9.59 Å². The van der Waals surface area contributed by atoms with E-state index in [1.54, 1.807) is 19.3 Å². The van der Waals surface area contributed by atoms with E-state index < -0.39 is 5.91 Å². The zero-order valence-electron chi connectivity index (χ0n) is 13.1. The Balaban J connectivity index is 1.82. The van der Waals surface area contributed by atoms with Crippen molar-refractivity contribution in [2.75, 3.05) is 13.2 Å². The molecule has 1 aromatic heterocycles. The van der Waals surface area contributed by atoms with Gasteiger partial charge in [0.25, 0.3) is 11.5 Å². The van der Waals surface area contributed by atoms with Crippen LogP contribution in [0.25, 0.3) is 0 Å². The van der Waals surface area contributed by atoms with Crippen molar-refractivity contribution in [1.29, 1.82) is 0 Å². The highest BCUT2D eigenvalue weighted by molar-refractivity contribution is 5.93. The zero-order valence-corrected chi connectivity index (χ0v) is 13.1. The van der Waals surface area contributed by atoms with Gasteiger partial charge in [-0.3, -0.25) is 9.59 Å². The Labute approximate surface area is 134 Å². The van der Waals surface area contributed by atoms with E-state index in [-0.39, 0.29) is 24.3 Å². The van der Waals surface area contributed by atoms with E-state index in [0.29, 0.717) is 0 Å². The lowest BCUT2D eigenvalue weighted by Gasteiger charge is -2.04. The Morgan fingerprint density at radius 3 is 2.78 bits per heavy atom. The molecule has 1 heterocycles. The zero-order chi connectivity index (χ0) is 16.7. The average molecular weight is 310 g/mol. The molecular weight excluding hydrogens is 292 g/mol. The molecule has 0 aliphatic rings. The van der Waals surface area contributed by atoms with Crippen LogP contribution >= 0.6 is 0 Å². The number of amides is 1. The van der Waals surface area contributed by atoms with Crippen molar-refractivity contribution in [2.45, 2.75) is 6.92 Å². The van der Waals surface area contributed by atoms with Gasteiger partial charge in [-0.05, 0) is 30.7 Å². The van der Waals surface area contributed by atoms with Crippen LogP contribution in [0.4, 0.5) is 0 Å². The number of aromatic nitrogens is 1. The summed E-state index contributed by atoms with van der Waals surface area (Å²) in [5.74, 6) is 5.98. The van der Waals surface area contributed by atoms with Gasteiger partial charge in [0.2, 0.25) is 0 Å². The number of para-hydroxylation sites is 1. The van der Waals surface area contributed by atoms with Crippen molar-refractivity contribution in [3.63, 3.8) is 0 Å². The molecule has 0 saturated heterocycles. The molecule has 2 aromatic rings. The minimum Gasteiger partial charge on any atom is -0.481 e. The van der Waals surface area contributed by atoms with Crippen LogP contribution in [0.2, 0.25) is 0 Å². The molecular formula is C18H18N2O3. The molecule has 2 rings (SSSR count). The van der Waals surface area contributed by atoms with Gasteiger partial charge in [-0.2, -0.15) is 0 Å². The van der Waals surface area contributed by atoms with Crippen molar-refractivity contribution >= 4 is 5.91 Å². The maximum atomic E-state index is 11.9. The molecule has 118 valence electrons. The Hall–Kier alpha value is -3.00.